The van der Waals surface area contributed by atoms with Gasteiger partial charge in [0.1, 0.15) is 0 Å². The van der Waals surface area contributed by atoms with Crippen LogP contribution in [-0.4, -0.2) is 17.8 Å². The summed E-state index contributed by atoms with van der Waals surface area (Å²) in [5.41, 5.74) is 3.45. The van der Waals surface area contributed by atoms with Crippen molar-refractivity contribution in [3.05, 3.63) is 34.9 Å². The van der Waals surface area contributed by atoms with Gasteiger partial charge in [0.25, 0.3) is 0 Å². The molecule has 1 aromatic carbocycles. The first-order chi connectivity index (χ1) is 7.99. The predicted molar refractivity (Wildman–Crippen MR) is 72.6 cm³/mol. The molecule has 0 bridgehead atoms. The number of carbonyl (C=O) groups is 1. The summed E-state index contributed by atoms with van der Waals surface area (Å²) < 4.78 is 0. The average Bonchev–Trinajstić information content (AvgIpc) is 2.23. The number of hydrogen-bond acceptors (Lipinski definition) is 1. The van der Waals surface area contributed by atoms with Gasteiger partial charge in [0.2, 0.25) is 5.91 Å². The lowest BCUT2D eigenvalue weighted by atomic mass is 10.0. The van der Waals surface area contributed by atoms with Gasteiger partial charge in [-0.25, -0.2) is 0 Å². The molecule has 0 aromatic heterocycles. The van der Waals surface area contributed by atoms with Crippen molar-refractivity contribution in [1.29, 1.82) is 0 Å². The molecule has 1 atom stereocenters. The Morgan fingerprint density at radius 2 is 2.12 bits per heavy atom. The first-order valence-corrected chi connectivity index (χ1v) is 6.39. The van der Waals surface area contributed by atoms with Gasteiger partial charge >= 0.3 is 0 Å². The Bertz CT molecular complexity index is 388. The van der Waals surface area contributed by atoms with Gasteiger partial charge in [-0.2, -0.15) is 0 Å². The lowest BCUT2D eigenvalue weighted by molar-refractivity contribution is -0.120. The molecular weight excluding hydrogens is 234 g/mol. The first-order valence-electron chi connectivity index (χ1n) is 5.96. The van der Waals surface area contributed by atoms with E-state index in [9.17, 15) is 4.79 Å². The van der Waals surface area contributed by atoms with E-state index in [1.54, 1.807) is 0 Å². The third kappa shape index (κ3) is 5.22. The topological polar surface area (TPSA) is 29.1 Å². The Morgan fingerprint density at radius 3 is 2.76 bits per heavy atom. The Kier molecular flexibility index (Phi) is 5.49. The number of halogens is 1. The van der Waals surface area contributed by atoms with E-state index >= 15 is 0 Å². The van der Waals surface area contributed by atoms with Gasteiger partial charge in [0, 0.05) is 11.9 Å². The van der Waals surface area contributed by atoms with Gasteiger partial charge in [0.05, 0.1) is 6.42 Å². The van der Waals surface area contributed by atoms with E-state index in [2.05, 4.69) is 23.5 Å². The summed E-state index contributed by atoms with van der Waals surface area (Å²) in [4.78, 5) is 11.7. The first kappa shape index (κ1) is 14.0. The molecule has 17 heavy (non-hydrogen) atoms. The minimum atomic E-state index is 0.0658. The Balaban J connectivity index is 2.47. The highest BCUT2D eigenvalue weighted by Gasteiger charge is 2.06. The van der Waals surface area contributed by atoms with E-state index in [4.69, 9.17) is 11.6 Å². The molecule has 0 radical (unpaired) electrons. The summed E-state index contributed by atoms with van der Waals surface area (Å²) in [6, 6.07) is 6.18. The number of aryl methyl sites for hydroxylation is 2. The summed E-state index contributed by atoms with van der Waals surface area (Å²) in [5.74, 6) is 0.0658. The molecule has 0 spiro atoms. The van der Waals surface area contributed by atoms with Crippen molar-refractivity contribution < 1.29 is 4.79 Å². The van der Waals surface area contributed by atoms with E-state index in [0.717, 1.165) is 17.5 Å². The van der Waals surface area contributed by atoms with Crippen LogP contribution >= 0.6 is 11.6 Å². The van der Waals surface area contributed by atoms with Crippen LogP contribution in [0.4, 0.5) is 0 Å². The number of benzene rings is 1. The van der Waals surface area contributed by atoms with E-state index in [1.165, 1.54) is 5.56 Å². The lowest BCUT2D eigenvalue weighted by Gasteiger charge is -2.09. The Hall–Kier alpha value is -1.02. The maximum atomic E-state index is 11.7. The van der Waals surface area contributed by atoms with Crippen molar-refractivity contribution in [2.24, 2.45) is 0 Å². The van der Waals surface area contributed by atoms with Crippen molar-refractivity contribution in [1.82, 2.24) is 5.32 Å². The molecule has 0 heterocycles. The van der Waals surface area contributed by atoms with Gasteiger partial charge in [-0.15, -0.1) is 11.6 Å². The number of amides is 1. The minimum absolute atomic E-state index is 0.0658. The largest absolute Gasteiger partial charge is 0.356 e. The molecule has 0 saturated carbocycles. The van der Waals surface area contributed by atoms with Crippen molar-refractivity contribution in [2.75, 3.05) is 6.54 Å². The van der Waals surface area contributed by atoms with E-state index in [1.807, 2.05) is 20.8 Å². The SMILES string of the molecule is Cc1ccc(C)c(CC(=O)NCCC(C)Cl)c1. The van der Waals surface area contributed by atoms with Crippen LogP contribution in [0, 0.1) is 13.8 Å². The predicted octanol–water partition coefficient (Wildman–Crippen LogP) is 2.98. The molecule has 0 aliphatic rings. The lowest BCUT2D eigenvalue weighted by Crippen LogP contribution is -2.27. The zero-order valence-corrected chi connectivity index (χ0v) is 11.5. The fourth-order valence-electron chi connectivity index (χ4n) is 1.64. The molecule has 2 nitrogen and oxygen atoms in total. The van der Waals surface area contributed by atoms with E-state index in [0.29, 0.717) is 13.0 Å². The normalized spacial score (nSPS) is 12.2. The van der Waals surface area contributed by atoms with Gasteiger partial charge in [-0.05, 0) is 38.3 Å². The molecule has 0 aliphatic carbocycles. The Labute approximate surface area is 108 Å². The fraction of sp³-hybridized carbons (Fsp3) is 0.500. The van der Waals surface area contributed by atoms with Gasteiger partial charge in [-0.3, -0.25) is 4.79 Å². The zero-order chi connectivity index (χ0) is 12.8. The quantitative estimate of drug-likeness (QED) is 0.804. The van der Waals surface area contributed by atoms with E-state index < -0.39 is 0 Å². The third-order valence-corrected chi connectivity index (χ3v) is 2.94. The maximum Gasteiger partial charge on any atom is 0.224 e. The average molecular weight is 254 g/mol. The minimum Gasteiger partial charge on any atom is -0.356 e. The van der Waals surface area contributed by atoms with Crippen LogP contribution in [0.5, 0.6) is 0 Å². The van der Waals surface area contributed by atoms with Gasteiger partial charge in [-0.1, -0.05) is 23.8 Å². The number of rotatable bonds is 5. The highest BCUT2D eigenvalue weighted by Crippen LogP contribution is 2.11. The highest BCUT2D eigenvalue weighted by molar-refractivity contribution is 6.20. The maximum absolute atomic E-state index is 11.7. The molecule has 1 aromatic rings. The van der Waals surface area contributed by atoms with Crippen LogP contribution in [-0.2, 0) is 11.2 Å². The summed E-state index contributed by atoms with van der Waals surface area (Å²) in [5, 5.41) is 2.99. The van der Waals surface area contributed by atoms with Crippen LogP contribution < -0.4 is 5.32 Å². The number of nitrogens with one attached hydrogen (secondary N) is 1. The van der Waals surface area contributed by atoms with Gasteiger partial charge in [0.15, 0.2) is 0 Å². The molecule has 1 amide bonds. The monoisotopic (exact) mass is 253 g/mol. The van der Waals surface area contributed by atoms with Crippen LogP contribution in [0.15, 0.2) is 18.2 Å². The fourth-order valence-corrected chi connectivity index (χ4v) is 1.75. The molecule has 1 unspecified atom stereocenters. The van der Waals surface area contributed by atoms with Crippen molar-refractivity contribution >= 4 is 17.5 Å². The standard InChI is InChI=1S/C14H20ClNO/c1-10-4-5-11(2)13(8-10)9-14(17)16-7-6-12(3)15/h4-5,8,12H,6-7,9H2,1-3H3,(H,16,17). The molecule has 0 fully saturated rings. The second-order valence-electron chi connectivity index (χ2n) is 4.53. The van der Waals surface area contributed by atoms with Crippen LogP contribution in [0.2, 0.25) is 0 Å². The van der Waals surface area contributed by atoms with Crippen molar-refractivity contribution in [3.63, 3.8) is 0 Å². The molecule has 94 valence electrons. The summed E-state index contributed by atoms with van der Waals surface area (Å²) >= 11 is 5.82. The number of hydrogen-bond donors (Lipinski definition) is 1. The van der Waals surface area contributed by atoms with Crippen LogP contribution in [0.1, 0.15) is 30.0 Å². The van der Waals surface area contributed by atoms with Crippen molar-refractivity contribution in [3.8, 4) is 0 Å². The molecule has 0 aliphatic heterocycles. The number of carbonyl (C=O) groups excluding carboxylic acids is 1. The molecule has 3 heteroatoms. The summed E-state index contributed by atoms with van der Waals surface area (Å²) in [7, 11) is 0. The molecule has 1 rings (SSSR count). The summed E-state index contributed by atoms with van der Waals surface area (Å²) in [6.07, 6.45) is 1.25. The summed E-state index contributed by atoms with van der Waals surface area (Å²) in [6.45, 7) is 6.64. The smallest absolute Gasteiger partial charge is 0.224 e. The van der Waals surface area contributed by atoms with E-state index in [-0.39, 0.29) is 11.3 Å². The Morgan fingerprint density at radius 1 is 1.41 bits per heavy atom. The van der Waals surface area contributed by atoms with Crippen LogP contribution in [0.25, 0.3) is 0 Å². The second-order valence-corrected chi connectivity index (χ2v) is 5.27. The highest BCUT2D eigenvalue weighted by atomic mass is 35.5. The third-order valence-electron chi connectivity index (χ3n) is 2.72. The number of alkyl halides is 1. The molecule has 0 saturated heterocycles. The zero-order valence-electron chi connectivity index (χ0n) is 10.7. The second kappa shape index (κ2) is 6.65. The molecule has 1 N–H and O–H groups in total. The van der Waals surface area contributed by atoms with Gasteiger partial charge < -0.3 is 5.32 Å². The molecular formula is C14H20ClNO. The van der Waals surface area contributed by atoms with Crippen molar-refractivity contribution in [2.45, 2.75) is 39.0 Å². The van der Waals surface area contributed by atoms with Crippen LogP contribution in [0.3, 0.4) is 0 Å².